The maximum absolute atomic E-state index is 6.01. The fourth-order valence-electron chi connectivity index (χ4n) is 2.94. The SMILES string of the molecule is COc1ccc(C#Cc2nc3cc(N)ccc3nc2OCC(C)CN(C)C)cc1. The number of methoxy groups -OCH3 is 1. The van der Waals surface area contributed by atoms with Gasteiger partial charge in [-0.1, -0.05) is 12.8 Å². The molecule has 3 rings (SSSR count). The summed E-state index contributed by atoms with van der Waals surface area (Å²) in [7, 11) is 5.73. The Morgan fingerprint density at radius 3 is 2.48 bits per heavy atom. The Balaban J connectivity index is 1.93. The Kier molecular flexibility index (Phi) is 6.53. The summed E-state index contributed by atoms with van der Waals surface area (Å²) in [5, 5.41) is 0. The number of ether oxygens (including phenoxy) is 2. The van der Waals surface area contributed by atoms with Crippen LogP contribution in [0, 0.1) is 17.8 Å². The number of nitrogens with zero attached hydrogens (tertiary/aromatic N) is 3. The van der Waals surface area contributed by atoms with Crippen LogP contribution in [-0.2, 0) is 0 Å². The van der Waals surface area contributed by atoms with Gasteiger partial charge in [0.05, 0.1) is 24.8 Å². The van der Waals surface area contributed by atoms with E-state index >= 15 is 0 Å². The topological polar surface area (TPSA) is 73.5 Å². The predicted octanol–water partition coefficient (Wildman–Crippen LogP) is 3.20. The van der Waals surface area contributed by atoms with Crippen molar-refractivity contribution >= 4 is 16.7 Å². The average Bonchev–Trinajstić information content (AvgIpc) is 2.70. The largest absolute Gasteiger partial charge is 0.497 e. The van der Waals surface area contributed by atoms with Gasteiger partial charge in [-0.25, -0.2) is 9.97 Å². The Morgan fingerprint density at radius 1 is 1.03 bits per heavy atom. The number of nitrogen functional groups attached to an aromatic ring is 1. The molecule has 0 amide bonds. The van der Waals surface area contributed by atoms with Gasteiger partial charge in [0.25, 0.3) is 0 Å². The lowest BCUT2D eigenvalue weighted by molar-refractivity contribution is 0.215. The minimum Gasteiger partial charge on any atom is -0.497 e. The van der Waals surface area contributed by atoms with Gasteiger partial charge in [0.1, 0.15) is 5.75 Å². The van der Waals surface area contributed by atoms with Crippen LogP contribution in [0.5, 0.6) is 11.6 Å². The molecule has 150 valence electrons. The molecule has 0 radical (unpaired) electrons. The van der Waals surface area contributed by atoms with Crippen molar-refractivity contribution < 1.29 is 9.47 Å². The Morgan fingerprint density at radius 2 is 1.79 bits per heavy atom. The molecule has 0 bridgehead atoms. The van der Waals surface area contributed by atoms with E-state index in [9.17, 15) is 0 Å². The molecule has 0 aliphatic rings. The van der Waals surface area contributed by atoms with E-state index in [0.717, 1.165) is 23.4 Å². The molecule has 6 nitrogen and oxygen atoms in total. The van der Waals surface area contributed by atoms with Gasteiger partial charge in [-0.05, 0) is 62.5 Å². The molecule has 2 N–H and O–H groups in total. The van der Waals surface area contributed by atoms with E-state index in [-0.39, 0.29) is 0 Å². The van der Waals surface area contributed by atoms with E-state index in [0.29, 0.717) is 35.3 Å². The lowest BCUT2D eigenvalue weighted by Crippen LogP contribution is -2.24. The highest BCUT2D eigenvalue weighted by atomic mass is 16.5. The molecular formula is C23H26N4O2. The summed E-state index contributed by atoms with van der Waals surface area (Å²) >= 11 is 0. The maximum Gasteiger partial charge on any atom is 0.249 e. The zero-order valence-corrected chi connectivity index (χ0v) is 17.3. The van der Waals surface area contributed by atoms with Gasteiger partial charge in [-0.2, -0.15) is 0 Å². The lowest BCUT2D eigenvalue weighted by Gasteiger charge is -2.17. The molecule has 1 unspecified atom stereocenters. The van der Waals surface area contributed by atoms with E-state index < -0.39 is 0 Å². The summed E-state index contributed by atoms with van der Waals surface area (Å²) in [4.78, 5) is 11.4. The summed E-state index contributed by atoms with van der Waals surface area (Å²) < 4.78 is 11.2. The van der Waals surface area contributed by atoms with Crippen molar-refractivity contribution in [2.75, 3.05) is 40.1 Å². The van der Waals surface area contributed by atoms with Crippen molar-refractivity contribution in [1.29, 1.82) is 0 Å². The first kappa shape index (κ1) is 20.4. The molecule has 1 atom stereocenters. The molecule has 0 spiro atoms. The summed E-state index contributed by atoms with van der Waals surface area (Å²) in [5.41, 5.74) is 9.30. The molecule has 0 saturated heterocycles. The van der Waals surface area contributed by atoms with E-state index in [1.165, 1.54) is 0 Å². The number of anilines is 1. The summed E-state index contributed by atoms with van der Waals surface area (Å²) in [6, 6.07) is 13.0. The minimum absolute atomic E-state index is 0.344. The third kappa shape index (κ3) is 5.59. The first-order chi connectivity index (χ1) is 13.9. The third-order valence-electron chi connectivity index (χ3n) is 4.25. The van der Waals surface area contributed by atoms with Crippen LogP contribution in [0.4, 0.5) is 5.69 Å². The highest BCUT2D eigenvalue weighted by Crippen LogP contribution is 2.21. The second-order valence-corrected chi connectivity index (χ2v) is 7.28. The molecule has 0 fully saturated rings. The molecule has 6 heteroatoms. The maximum atomic E-state index is 6.01. The fourth-order valence-corrected chi connectivity index (χ4v) is 2.94. The van der Waals surface area contributed by atoms with Gasteiger partial charge in [-0.3, -0.25) is 0 Å². The Labute approximate surface area is 171 Å². The number of rotatable bonds is 6. The number of aromatic nitrogens is 2. The van der Waals surface area contributed by atoms with E-state index in [1.807, 2.05) is 44.4 Å². The van der Waals surface area contributed by atoms with E-state index in [1.54, 1.807) is 19.2 Å². The van der Waals surface area contributed by atoms with E-state index in [2.05, 4.69) is 33.6 Å². The van der Waals surface area contributed by atoms with Crippen LogP contribution in [0.15, 0.2) is 42.5 Å². The average molecular weight is 390 g/mol. The number of hydrogen-bond donors (Lipinski definition) is 1. The smallest absolute Gasteiger partial charge is 0.249 e. The molecule has 29 heavy (non-hydrogen) atoms. The molecule has 0 aliphatic carbocycles. The molecule has 0 aliphatic heterocycles. The van der Waals surface area contributed by atoms with Gasteiger partial charge in [-0.15, -0.1) is 0 Å². The van der Waals surface area contributed by atoms with Crippen LogP contribution in [0.2, 0.25) is 0 Å². The van der Waals surface area contributed by atoms with Gasteiger partial charge >= 0.3 is 0 Å². The number of hydrogen-bond acceptors (Lipinski definition) is 6. The molecule has 1 aromatic heterocycles. The van der Waals surface area contributed by atoms with Crippen LogP contribution in [-0.4, -0.2) is 49.2 Å². The highest BCUT2D eigenvalue weighted by molar-refractivity contribution is 5.79. The number of fused-ring (bicyclic) bond motifs is 1. The highest BCUT2D eigenvalue weighted by Gasteiger charge is 2.12. The van der Waals surface area contributed by atoms with Crippen LogP contribution in [0.3, 0.4) is 0 Å². The van der Waals surface area contributed by atoms with Crippen molar-refractivity contribution in [2.24, 2.45) is 5.92 Å². The van der Waals surface area contributed by atoms with Crippen LogP contribution >= 0.6 is 0 Å². The fraction of sp³-hybridized carbons (Fsp3) is 0.304. The van der Waals surface area contributed by atoms with E-state index in [4.69, 9.17) is 15.2 Å². The first-order valence-corrected chi connectivity index (χ1v) is 9.45. The van der Waals surface area contributed by atoms with Gasteiger partial charge in [0.2, 0.25) is 5.88 Å². The van der Waals surface area contributed by atoms with Crippen molar-refractivity contribution in [2.45, 2.75) is 6.92 Å². The first-order valence-electron chi connectivity index (χ1n) is 9.45. The van der Waals surface area contributed by atoms with Gasteiger partial charge in [0, 0.05) is 23.7 Å². The Bertz CT molecular complexity index is 1040. The lowest BCUT2D eigenvalue weighted by atomic mass is 10.2. The summed E-state index contributed by atoms with van der Waals surface area (Å²) in [6.45, 7) is 3.59. The van der Waals surface area contributed by atoms with Crippen molar-refractivity contribution in [3.05, 3.63) is 53.7 Å². The molecule has 2 aromatic carbocycles. The van der Waals surface area contributed by atoms with Crippen LogP contribution in [0.1, 0.15) is 18.2 Å². The quantitative estimate of drug-likeness (QED) is 0.515. The van der Waals surface area contributed by atoms with Crippen LogP contribution in [0.25, 0.3) is 11.0 Å². The predicted molar refractivity (Wildman–Crippen MR) is 116 cm³/mol. The Hall–Kier alpha value is -3.30. The minimum atomic E-state index is 0.344. The van der Waals surface area contributed by atoms with Crippen molar-refractivity contribution in [1.82, 2.24) is 14.9 Å². The third-order valence-corrected chi connectivity index (χ3v) is 4.25. The zero-order chi connectivity index (χ0) is 20.8. The monoisotopic (exact) mass is 390 g/mol. The number of benzene rings is 2. The van der Waals surface area contributed by atoms with Gasteiger partial charge < -0.3 is 20.1 Å². The second kappa shape index (κ2) is 9.26. The summed E-state index contributed by atoms with van der Waals surface area (Å²) in [5.74, 6) is 7.80. The molecule has 1 heterocycles. The summed E-state index contributed by atoms with van der Waals surface area (Å²) in [6.07, 6.45) is 0. The van der Waals surface area contributed by atoms with Crippen molar-refractivity contribution in [3.63, 3.8) is 0 Å². The zero-order valence-electron chi connectivity index (χ0n) is 17.3. The second-order valence-electron chi connectivity index (χ2n) is 7.28. The molecule has 0 saturated carbocycles. The van der Waals surface area contributed by atoms with Crippen LogP contribution < -0.4 is 15.2 Å². The normalized spacial score (nSPS) is 11.8. The van der Waals surface area contributed by atoms with Crippen molar-refractivity contribution in [3.8, 4) is 23.5 Å². The standard InChI is InChI=1S/C23H26N4O2/c1-16(14-27(2)3)15-29-23-21(11-7-17-5-9-19(28-4)10-6-17)25-22-13-18(24)8-12-20(22)26-23/h5-6,8-10,12-13,16H,14-15,24H2,1-4H3. The van der Waals surface area contributed by atoms with Gasteiger partial charge in [0.15, 0.2) is 5.69 Å². The number of nitrogens with two attached hydrogens (primary N) is 1. The molecular weight excluding hydrogens is 364 g/mol. The molecule has 3 aromatic rings.